The van der Waals surface area contributed by atoms with Gasteiger partial charge in [-0.15, -0.1) is 0 Å². The summed E-state index contributed by atoms with van der Waals surface area (Å²) in [5.41, 5.74) is -1.49. The Balaban J connectivity index is 2.09. The molecule has 0 spiro atoms. The van der Waals surface area contributed by atoms with E-state index >= 15 is 0 Å². The van der Waals surface area contributed by atoms with Crippen LogP contribution in [0.2, 0.25) is 0 Å². The van der Waals surface area contributed by atoms with E-state index in [2.05, 4.69) is 5.32 Å². The maximum absolute atomic E-state index is 13.0. The van der Waals surface area contributed by atoms with Crippen molar-refractivity contribution in [1.82, 2.24) is 10.2 Å². The van der Waals surface area contributed by atoms with Gasteiger partial charge in [-0.25, -0.2) is 0 Å². The van der Waals surface area contributed by atoms with Gasteiger partial charge in [-0.2, -0.15) is 0 Å². The Bertz CT molecular complexity index is 684. The minimum atomic E-state index is -1.49. The smallest absolute Gasteiger partial charge is 0.325 e. The van der Waals surface area contributed by atoms with Gasteiger partial charge >= 0.3 is 5.97 Å². The third kappa shape index (κ3) is 2.40. The number of likely N-dealkylation sites (tertiary alicyclic amines) is 1. The second-order valence-electron chi connectivity index (χ2n) is 7.15. The van der Waals surface area contributed by atoms with Crippen LogP contribution in [-0.2, 0) is 14.4 Å². The first-order valence-corrected chi connectivity index (χ1v) is 8.76. The minimum Gasteiger partial charge on any atom is -0.480 e. The fourth-order valence-corrected chi connectivity index (χ4v) is 4.22. The molecule has 4 unspecified atom stereocenters. The Morgan fingerprint density at radius 1 is 1.40 bits per heavy atom. The van der Waals surface area contributed by atoms with Crippen LogP contribution < -0.4 is 5.32 Å². The van der Waals surface area contributed by atoms with Gasteiger partial charge < -0.3 is 9.52 Å². The maximum Gasteiger partial charge on any atom is 0.325 e. The van der Waals surface area contributed by atoms with Crippen LogP contribution in [0.5, 0.6) is 0 Å². The summed E-state index contributed by atoms with van der Waals surface area (Å²) in [6.45, 7) is 5.83. The van der Waals surface area contributed by atoms with E-state index in [0.717, 1.165) is 6.42 Å². The summed E-state index contributed by atoms with van der Waals surface area (Å²) in [4.78, 5) is 39.5. The number of hydrogen-bond acceptors (Lipinski definition) is 5. The van der Waals surface area contributed by atoms with E-state index in [9.17, 15) is 19.5 Å². The predicted octanol–water partition coefficient (Wildman–Crippen LogP) is 1.80. The van der Waals surface area contributed by atoms with Gasteiger partial charge in [0.25, 0.3) is 0 Å². The molecule has 7 nitrogen and oxygen atoms in total. The summed E-state index contributed by atoms with van der Waals surface area (Å²) in [5, 5.41) is 13.1. The summed E-state index contributed by atoms with van der Waals surface area (Å²) >= 11 is 0. The van der Waals surface area contributed by atoms with Crippen LogP contribution in [-0.4, -0.2) is 39.9 Å². The highest BCUT2D eigenvalue weighted by molar-refractivity contribution is 6.09. The molecule has 136 valence electrons. The van der Waals surface area contributed by atoms with Crippen molar-refractivity contribution in [3.63, 3.8) is 0 Å². The zero-order valence-electron chi connectivity index (χ0n) is 14.7. The Kier molecular flexibility index (Phi) is 4.45. The number of aliphatic carboxylic acids is 1. The lowest BCUT2D eigenvalue weighted by molar-refractivity contribution is -0.153. The quantitative estimate of drug-likeness (QED) is 0.761. The van der Waals surface area contributed by atoms with Crippen molar-refractivity contribution in [3.05, 3.63) is 24.2 Å². The van der Waals surface area contributed by atoms with E-state index < -0.39 is 29.4 Å². The van der Waals surface area contributed by atoms with Gasteiger partial charge in [0.2, 0.25) is 11.8 Å². The zero-order chi connectivity index (χ0) is 18.4. The van der Waals surface area contributed by atoms with Crippen molar-refractivity contribution in [1.29, 1.82) is 0 Å². The molecule has 1 aromatic rings. The Hall–Kier alpha value is -2.15. The molecule has 4 atom stereocenters. The molecule has 2 aliphatic heterocycles. The number of nitrogens with zero attached hydrogens (tertiary/aromatic N) is 1. The molecule has 25 heavy (non-hydrogen) atoms. The van der Waals surface area contributed by atoms with Crippen molar-refractivity contribution < 1.29 is 23.9 Å². The molecule has 0 radical (unpaired) electrons. The largest absolute Gasteiger partial charge is 0.480 e. The lowest BCUT2D eigenvalue weighted by atomic mass is 9.73. The second kappa shape index (κ2) is 6.29. The van der Waals surface area contributed by atoms with Crippen molar-refractivity contribution in [2.45, 2.75) is 45.2 Å². The number of unbranched alkanes of at least 4 members (excludes halogenated alkanes) is 1. The summed E-state index contributed by atoms with van der Waals surface area (Å²) in [5.74, 6) is -3.37. The number of furan rings is 1. The molecule has 2 N–H and O–H groups in total. The molecule has 2 saturated heterocycles. The molecule has 3 rings (SSSR count). The van der Waals surface area contributed by atoms with Crippen molar-refractivity contribution in [3.8, 4) is 0 Å². The van der Waals surface area contributed by atoms with Crippen LogP contribution in [0.3, 0.4) is 0 Å². The third-order valence-corrected chi connectivity index (χ3v) is 5.54. The van der Waals surface area contributed by atoms with E-state index in [-0.39, 0.29) is 17.7 Å². The van der Waals surface area contributed by atoms with Crippen LogP contribution in [0.4, 0.5) is 0 Å². The lowest BCUT2D eigenvalue weighted by Gasteiger charge is -2.34. The number of imide groups is 1. The first-order valence-electron chi connectivity index (χ1n) is 8.76. The van der Waals surface area contributed by atoms with Crippen LogP contribution in [0.1, 0.15) is 45.4 Å². The molecule has 0 bridgehead atoms. The minimum absolute atomic E-state index is 0.305. The normalized spacial score (nSPS) is 31.8. The van der Waals surface area contributed by atoms with Gasteiger partial charge in [-0.1, -0.05) is 27.2 Å². The van der Waals surface area contributed by atoms with E-state index in [4.69, 9.17) is 4.42 Å². The third-order valence-electron chi connectivity index (χ3n) is 5.54. The molecule has 1 aromatic heterocycles. The van der Waals surface area contributed by atoms with Crippen LogP contribution in [0.25, 0.3) is 0 Å². The highest BCUT2D eigenvalue weighted by Gasteiger charge is 2.69. The van der Waals surface area contributed by atoms with Crippen LogP contribution in [0, 0.1) is 17.8 Å². The number of carboxylic acid groups (broad SMARTS) is 1. The summed E-state index contributed by atoms with van der Waals surface area (Å²) in [6, 6.07) is 2.78. The molecular weight excluding hydrogens is 324 g/mol. The van der Waals surface area contributed by atoms with Gasteiger partial charge in [0.1, 0.15) is 11.3 Å². The number of carbonyl (C=O) groups is 3. The number of rotatable bonds is 6. The summed E-state index contributed by atoms with van der Waals surface area (Å²) in [6.07, 6.45) is 3.04. The van der Waals surface area contributed by atoms with E-state index in [0.29, 0.717) is 18.7 Å². The van der Waals surface area contributed by atoms with Gasteiger partial charge in [0.05, 0.1) is 24.1 Å². The van der Waals surface area contributed by atoms with Gasteiger partial charge in [-0.3, -0.25) is 24.6 Å². The molecule has 0 aliphatic carbocycles. The van der Waals surface area contributed by atoms with Gasteiger partial charge in [0.15, 0.2) is 0 Å². The second-order valence-corrected chi connectivity index (χ2v) is 7.15. The lowest BCUT2D eigenvalue weighted by Crippen LogP contribution is -2.59. The standard InChI is InChI=1S/C18H24N2O5/c1-4-5-8-20-15(21)12-13(16(20)22)18(10(2)3,17(23)24)19-14(12)11-7-6-9-25-11/h6-7,9-10,12-14,19H,4-5,8H2,1-3H3,(H,23,24). The van der Waals surface area contributed by atoms with Gasteiger partial charge in [-0.05, 0) is 24.5 Å². The molecule has 2 fully saturated rings. The molecule has 7 heteroatoms. The van der Waals surface area contributed by atoms with E-state index in [1.807, 2.05) is 6.92 Å². The highest BCUT2D eigenvalue weighted by atomic mass is 16.4. The van der Waals surface area contributed by atoms with Crippen LogP contribution in [0.15, 0.2) is 22.8 Å². The van der Waals surface area contributed by atoms with Gasteiger partial charge in [0, 0.05) is 6.54 Å². The number of carboxylic acids is 1. The van der Waals surface area contributed by atoms with Crippen molar-refractivity contribution >= 4 is 17.8 Å². The Morgan fingerprint density at radius 2 is 2.12 bits per heavy atom. The molecular formula is C18H24N2O5. The monoisotopic (exact) mass is 348 g/mol. The number of hydrogen-bond donors (Lipinski definition) is 2. The van der Waals surface area contributed by atoms with Crippen molar-refractivity contribution in [2.75, 3.05) is 6.54 Å². The zero-order valence-corrected chi connectivity index (χ0v) is 14.7. The Labute approximate surface area is 146 Å². The molecule has 2 amide bonds. The Morgan fingerprint density at radius 3 is 2.64 bits per heavy atom. The van der Waals surface area contributed by atoms with Crippen molar-refractivity contribution in [2.24, 2.45) is 17.8 Å². The maximum atomic E-state index is 13.0. The fourth-order valence-electron chi connectivity index (χ4n) is 4.22. The fraction of sp³-hybridized carbons (Fsp3) is 0.611. The average Bonchev–Trinajstić information content (AvgIpc) is 3.24. The highest BCUT2D eigenvalue weighted by Crippen LogP contribution is 2.51. The number of amides is 2. The average molecular weight is 348 g/mol. The van der Waals surface area contributed by atoms with Crippen LogP contribution >= 0.6 is 0 Å². The summed E-state index contributed by atoms with van der Waals surface area (Å²) < 4.78 is 5.44. The first-order chi connectivity index (χ1) is 11.9. The van der Waals surface area contributed by atoms with E-state index in [1.54, 1.807) is 26.0 Å². The molecule has 0 saturated carbocycles. The number of nitrogens with one attached hydrogen (secondary N) is 1. The number of fused-ring (bicyclic) bond motifs is 1. The summed E-state index contributed by atoms with van der Waals surface area (Å²) in [7, 11) is 0. The predicted molar refractivity (Wildman–Crippen MR) is 88.4 cm³/mol. The molecule has 2 aliphatic rings. The SMILES string of the molecule is CCCCN1C(=O)C2C(c3ccco3)NC(C(=O)O)(C(C)C)C2C1=O. The topological polar surface area (TPSA) is 99.8 Å². The molecule has 0 aromatic carbocycles. The first kappa shape index (κ1) is 17.7. The number of carbonyl (C=O) groups excluding carboxylic acids is 2. The molecule has 3 heterocycles. The van der Waals surface area contributed by atoms with E-state index in [1.165, 1.54) is 11.2 Å².